The Bertz CT molecular complexity index is 1100. The van der Waals surface area contributed by atoms with Crippen LogP contribution >= 0.6 is 0 Å². The number of alkyl halides is 3. The Hall–Kier alpha value is -3.76. The van der Waals surface area contributed by atoms with Crippen molar-refractivity contribution >= 4 is 23.6 Å². The second-order valence-corrected chi connectivity index (χ2v) is 9.69. The summed E-state index contributed by atoms with van der Waals surface area (Å²) in [5.74, 6) is -1.13. The monoisotopic (exact) mass is 549 g/mol. The SMILES string of the molecule is CCC[C@H]1CC[C@H](N(Cc2ccc(C(=O)NCCC(=O)O)cc2)C(=O)Nc2ccc(OC(F)(F)F)cc2)CC1. The highest BCUT2D eigenvalue weighted by molar-refractivity contribution is 5.94. The fraction of sp³-hybridized carbons (Fsp3) is 0.464. The van der Waals surface area contributed by atoms with Crippen LogP contribution in [-0.4, -0.2) is 46.9 Å². The predicted octanol–water partition coefficient (Wildman–Crippen LogP) is 6.18. The Morgan fingerprint density at radius 1 is 1.00 bits per heavy atom. The smallest absolute Gasteiger partial charge is 0.481 e. The molecule has 8 nitrogen and oxygen atoms in total. The lowest BCUT2D eigenvalue weighted by Crippen LogP contribution is -2.44. The summed E-state index contributed by atoms with van der Waals surface area (Å²) in [6.45, 7) is 2.46. The van der Waals surface area contributed by atoms with E-state index in [-0.39, 0.29) is 43.2 Å². The first kappa shape index (κ1) is 29.8. The van der Waals surface area contributed by atoms with Crippen molar-refractivity contribution in [2.45, 2.75) is 70.8 Å². The van der Waals surface area contributed by atoms with Gasteiger partial charge in [0.1, 0.15) is 5.75 Å². The van der Waals surface area contributed by atoms with Crippen LogP contribution in [0, 0.1) is 5.92 Å². The summed E-state index contributed by atoms with van der Waals surface area (Å²) in [5.41, 5.74) is 1.52. The number of rotatable bonds is 11. The average molecular weight is 550 g/mol. The largest absolute Gasteiger partial charge is 0.573 e. The molecular weight excluding hydrogens is 515 g/mol. The van der Waals surface area contributed by atoms with E-state index in [4.69, 9.17) is 5.11 Å². The zero-order valence-corrected chi connectivity index (χ0v) is 21.8. The Morgan fingerprint density at radius 2 is 1.64 bits per heavy atom. The van der Waals surface area contributed by atoms with E-state index in [1.54, 1.807) is 29.2 Å². The molecule has 0 atom stereocenters. The third kappa shape index (κ3) is 9.81. The van der Waals surface area contributed by atoms with E-state index in [9.17, 15) is 27.6 Å². The highest BCUT2D eigenvalue weighted by Gasteiger charge is 2.31. The first-order valence-corrected chi connectivity index (χ1v) is 13.1. The van der Waals surface area contributed by atoms with Crippen molar-refractivity contribution in [3.05, 3.63) is 59.7 Å². The number of nitrogens with one attached hydrogen (secondary N) is 2. The topological polar surface area (TPSA) is 108 Å². The summed E-state index contributed by atoms with van der Waals surface area (Å²) in [4.78, 5) is 38.0. The van der Waals surface area contributed by atoms with Gasteiger partial charge in [0, 0.05) is 30.4 Å². The van der Waals surface area contributed by atoms with Gasteiger partial charge in [-0.25, -0.2) is 4.79 Å². The molecule has 0 heterocycles. The van der Waals surface area contributed by atoms with Crippen LogP contribution in [0.2, 0.25) is 0 Å². The van der Waals surface area contributed by atoms with E-state index in [2.05, 4.69) is 22.3 Å². The van der Waals surface area contributed by atoms with Crippen molar-refractivity contribution in [3.8, 4) is 5.75 Å². The number of benzene rings is 2. The minimum absolute atomic E-state index is 0.00932. The minimum Gasteiger partial charge on any atom is -0.481 e. The van der Waals surface area contributed by atoms with Crippen LogP contribution in [0.3, 0.4) is 0 Å². The molecule has 212 valence electrons. The molecule has 2 aromatic rings. The Labute approximate surface area is 225 Å². The lowest BCUT2D eigenvalue weighted by Gasteiger charge is -2.37. The van der Waals surface area contributed by atoms with Crippen molar-refractivity contribution in [1.82, 2.24) is 10.2 Å². The van der Waals surface area contributed by atoms with E-state index in [0.717, 1.165) is 56.2 Å². The van der Waals surface area contributed by atoms with Crippen molar-refractivity contribution in [3.63, 3.8) is 0 Å². The van der Waals surface area contributed by atoms with Gasteiger partial charge in [-0.3, -0.25) is 9.59 Å². The molecule has 3 N–H and O–H groups in total. The number of hydrogen-bond donors (Lipinski definition) is 3. The lowest BCUT2D eigenvalue weighted by atomic mass is 9.83. The van der Waals surface area contributed by atoms with Crippen molar-refractivity contribution in [2.75, 3.05) is 11.9 Å². The molecule has 1 aliphatic rings. The van der Waals surface area contributed by atoms with Gasteiger partial charge in [0.2, 0.25) is 0 Å². The molecule has 0 aromatic heterocycles. The molecular formula is C28H34F3N3O5. The number of carboxylic acid groups (broad SMARTS) is 1. The van der Waals surface area contributed by atoms with Crippen LogP contribution < -0.4 is 15.4 Å². The summed E-state index contributed by atoms with van der Waals surface area (Å²) in [5, 5.41) is 14.1. The number of halogens is 3. The fourth-order valence-electron chi connectivity index (χ4n) is 4.80. The standard InChI is InChI=1S/C28H34F3N3O5/c1-2-3-19-6-12-23(13-7-19)34(27(38)33-22-10-14-24(15-11-22)39-28(29,30)31)18-20-4-8-21(9-5-20)26(37)32-17-16-25(35)36/h4-5,8-11,14-15,19,23H,2-3,6-7,12-13,16-18H2,1H3,(H,32,37)(H,33,38)(H,35,36)/t19-,23-. The van der Waals surface area contributed by atoms with Gasteiger partial charge in [0.15, 0.2) is 0 Å². The molecule has 0 aliphatic heterocycles. The maximum atomic E-state index is 13.4. The maximum absolute atomic E-state index is 13.4. The Morgan fingerprint density at radius 3 is 2.21 bits per heavy atom. The van der Waals surface area contributed by atoms with Gasteiger partial charge < -0.3 is 25.4 Å². The third-order valence-electron chi connectivity index (χ3n) is 6.75. The highest BCUT2D eigenvalue weighted by atomic mass is 19.4. The van der Waals surface area contributed by atoms with Crippen LogP contribution in [0.25, 0.3) is 0 Å². The molecule has 0 radical (unpaired) electrons. The molecule has 3 rings (SSSR count). The van der Waals surface area contributed by atoms with Crippen molar-refractivity contribution in [1.29, 1.82) is 0 Å². The van der Waals surface area contributed by atoms with E-state index >= 15 is 0 Å². The first-order chi connectivity index (χ1) is 18.5. The number of carbonyl (C=O) groups excluding carboxylic acids is 2. The van der Waals surface area contributed by atoms with Crippen molar-refractivity contribution in [2.24, 2.45) is 5.92 Å². The molecule has 11 heteroatoms. The van der Waals surface area contributed by atoms with E-state index < -0.39 is 12.3 Å². The van der Waals surface area contributed by atoms with Gasteiger partial charge in [-0.1, -0.05) is 31.9 Å². The molecule has 0 unspecified atom stereocenters. The second-order valence-electron chi connectivity index (χ2n) is 9.69. The normalized spacial score (nSPS) is 17.2. The molecule has 0 spiro atoms. The quantitative estimate of drug-likeness (QED) is 0.310. The van der Waals surface area contributed by atoms with Crippen LogP contribution in [-0.2, 0) is 11.3 Å². The summed E-state index contributed by atoms with van der Waals surface area (Å²) in [6, 6.07) is 11.4. The zero-order valence-electron chi connectivity index (χ0n) is 21.8. The first-order valence-electron chi connectivity index (χ1n) is 13.1. The molecule has 0 bridgehead atoms. The van der Waals surface area contributed by atoms with Gasteiger partial charge >= 0.3 is 18.4 Å². The highest BCUT2D eigenvalue weighted by Crippen LogP contribution is 2.32. The van der Waals surface area contributed by atoms with Gasteiger partial charge in [0.25, 0.3) is 5.91 Å². The van der Waals surface area contributed by atoms with Gasteiger partial charge in [-0.05, 0) is 73.6 Å². The Balaban J connectivity index is 1.69. The van der Waals surface area contributed by atoms with Crippen molar-refractivity contribution < 1.29 is 37.4 Å². The number of aliphatic carboxylic acids is 1. The van der Waals surface area contributed by atoms with Crippen LogP contribution in [0.4, 0.5) is 23.7 Å². The molecule has 3 amide bonds. The van der Waals surface area contributed by atoms with E-state index in [1.807, 2.05) is 0 Å². The number of carboxylic acids is 1. The maximum Gasteiger partial charge on any atom is 0.573 e. The number of anilines is 1. The van der Waals surface area contributed by atoms with E-state index in [0.29, 0.717) is 17.2 Å². The number of carbonyl (C=O) groups is 3. The number of nitrogens with zero attached hydrogens (tertiary/aromatic N) is 1. The number of urea groups is 1. The van der Waals surface area contributed by atoms with Gasteiger partial charge in [0.05, 0.1) is 6.42 Å². The summed E-state index contributed by atoms with van der Waals surface area (Å²) in [6.07, 6.45) is 1.02. The molecule has 1 saturated carbocycles. The molecule has 0 saturated heterocycles. The number of amides is 3. The molecule has 1 fully saturated rings. The van der Waals surface area contributed by atoms with Crippen LogP contribution in [0.15, 0.2) is 48.5 Å². The number of hydrogen-bond acceptors (Lipinski definition) is 4. The summed E-state index contributed by atoms with van der Waals surface area (Å²) >= 11 is 0. The summed E-state index contributed by atoms with van der Waals surface area (Å²) in [7, 11) is 0. The summed E-state index contributed by atoms with van der Waals surface area (Å²) < 4.78 is 41.3. The molecule has 2 aromatic carbocycles. The molecule has 1 aliphatic carbocycles. The third-order valence-corrected chi connectivity index (χ3v) is 6.75. The zero-order chi connectivity index (χ0) is 28.4. The minimum atomic E-state index is -4.80. The Kier molecular flexibility index (Phi) is 10.6. The average Bonchev–Trinajstić information content (AvgIpc) is 2.88. The van der Waals surface area contributed by atoms with Gasteiger partial charge in [-0.2, -0.15) is 0 Å². The molecule has 39 heavy (non-hydrogen) atoms. The van der Waals surface area contributed by atoms with Crippen LogP contribution in [0.5, 0.6) is 5.75 Å². The lowest BCUT2D eigenvalue weighted by molar-refractivity contribution is -0.274. The second kappa shape index (κ2) is 13.9. The fourth-order valence-corrected chi connectivity index (χ4v) is 4.80. The van der Waals surface area contributed by atoms with E-state index in [1.165, 1.54) is 12.1 Å². The number of ether oxygens (including phenoxy) is 1. The van der Waals surface area contributed by atoms with Gasteiger partial charge in [-0.15, -0.1) is 13.2 Å². The van der Waals surface area contributed by atoms with Crippen LogP contribution in [0.1, 0.15) is 67.8 Å². The predicted molar refractivity (Wildman–Crippen MR) is 139 cm³/mol.